The van der Waals surface area contributed by atoms with Crippen LogP contribution >= 0.6 is 0 Å². The van der Waals surface area contributed by atoms with Gasteiger partial charge >= 0.3 is 5.97 Å². The van der Waals surface area contributed by atoms with E-state index in [0.717, 1.165) is 18.4 Å². The van der Waals surface area contributed by atoms with Gasteiger partial charge in [-0.15, -0.1) is 0 Å². The van der Waals surface area contributed by atoms with E-state index in [1.807, 2.05) is 30.3 Å². The van der Waals surface area contributed by atoms with Gasteiger partial charge in [-0.2, -0.15) is 0 Å². The molecular formula is C22H25NO5. The van der Waals surface area contributed by atoms with Crippen LogP contribution in [0.5, 0.6) is 0 Å². The molecule has 1 aromatic rings. The summed E-state index contributed by atoms with van der Waals surface area (Å²) in [6.45, 7) is 0.207. The molecule has 6 heteroatoms. The summed E-state index contributed by atoms with van der Waals surface area (Å²) in [6.07, 6.45) is 5.81. The number of hydrogen-bond donors (Lipinski definition) is 0. The molecule has 1 saturated heterocycles. The van der Waals surface area contributed by atoms with Crippen LogP contribution in [0.3, 0.4) is 0 Å². The topological polar surface area (TPSA) is 72.9 Å². The highest BCUT2D eigenvalue weighted by Crippen LogP contribution is 2.19. The lowest BCUT2D eigenvalue weighted by atomic mass is 10.00. The predicted octanol–water partition coefficient (Wildman–Crippen LogP) is 1.93. The third kappa shape index (κ3) is 7.37. The fourth-order valence-corrected chi connectivity index (χ4v) is 2.86. The van der Waals surface area contributed by atoms with Gasteiger partial charge in [0.05, 0.1) is 19.7 Å². The molecule has 0 spiro atoms. The number of carbonyl (C=O) groups excluding carboxylic acids is 3. The normalized spacial score (nSPS) is 16.5. The second kappa shape index (κ2) is 11.7. The summed E-state index contributed by atoms with van der Waals surface area (Å²) in [7, 11) is 1.29. The van der Waals surface area contributed by atoms with Crippen molar-refractivity contribution >= 4 is 17.7 Å². The van der Waals surface area contributed by atoms with Gasteiger partial charge in [-0.3, -0.25) is 9.59 Å². The number of esters is 1. The lowest BCUT2D eigenvalue weighted by molar-refractivity contribution is -0.145. The van der Waals surface area contributed by atoms with Crippen molar-refractivity contribution in [2.75, 3.05) is 26.9 Å². The van der Waals surface area contributed by atoms with Crippen LogP contribution in [-0.4, -0.2) is 55.5 Å². The van der Waals surface area contributed by atoms with Crippen molar-refractivity contribution in [3.05, 3.63) is 48.0 Å². The van der Waals surface area contributed by atoms with Crippen molar-refractivity contribution in [2.24, 2.45) is 0 Å². The maximum Gasteiger partial charge on any atom is 0.331 e. The van der Waals surface area contributed by atoms with Crippen LogP contribution in [0.25, 0.3) is 0 Å². The predicted molar refractivity (Wildman–Crippen MR) is 104 cm³/mol. The first-order valence-corrected chi connectivity index (χ1v) is 9.25. The lowest BCUT2D eigenvalue weighted by Gasteiger charge is -2.32. The van der Waals surface area contributed by atoms with Crippen molar-refractivity contribution in [1.29, 1.82) is 0 Å². The van der Waals surface area contributed by atoms with Crippen molar-refractivity contribution in [3.8, 4) is 11.8 Å². The number of nitrogens with zero attached hydrogens (tertiary/aromatic N) is 1. The molecule has 6 nitrogen and oxygen atoms in total. The minimum absolute atomic E-state index is 0.00599. The maximum atomic E-state index is 12.2. The van der Waals surface area contributed by atoms with E-state index >= 15 is 0 Å². The number of piperidine rings is 1. The number of rotatable bonds is 8. The Kier molecular flexibility index (Phi) is 8.96. The van der Waals surface area contributed by atoms with Crippen molar-refractivity contribution in [2.45, 2.75) is 31.7 Å². The number of allylic oxidation sites excluding steroid dienone is 1. The number of likely N-dealkylation sites (tertiary alicyclic amines) is 1. The zero-order valence-electron chi connectivity index (χ0n) is 16.1. The number of carbonyl (C=O) groups is 3. The van der Waals surface area contributed by atoms with Gasteiger partial charge in [-0.25, -0.2) is 4.79 Å². The van der Waals surface area contributed by atoms with Gasteiger partial charge in [-0.05, 0) is 24.5 Å². The van der Waals surface area contributed by atoms with E-state index in [2.05, 4.69) is 16.6 Å². The molecule has 0 N–H and O–H groups in total. The molecule has 0 aromatic heterocycles. The SMILES string of the molecule is COC(=O)COCC#CCN1C(=O)CCC[C@@H]1C=CC(=O)Cc1ccccc1. The summed E-state index contributed by atoms with van der Waals surface area (Å²) in [6, 6.07) is 9.42. The van der Waals surface area contributed by atoms with Crippen LogP contribution in [0.1, 0.15) is 24.8 Å². The van der Waals surface area contributed by atoms with Crippen LogP contribution in [0, 0.1) is 11.8 Å². The van der Waals surface area contributed by atoms with Crippen LogP contribution in [0.4, 0.5) is 0 Å². The Morgan fingerprint density at radius 2 is 2.04 bits per heavy atom. The highest BCUT2D eigenvalue weighted by molar-refractivity contribution is 5.91. The lowest BCUT2D eigenvalue weighted by Crippen LogP contribution is -2.42. The molecule has 2 rings (SSSR count). The van der Waals surface area contributed by atoms with Crippen molar-refractivity contribution in [1.82, 2.24) is 4.90 Å². The fraction of sp³-hybridized carbons (Fsp3) is 0.409. The molecule has 1 heterocycles. The summed E-state index contributed by atoms with van der Waals surface area (Å²) in [5.74, 6) is 5.25. The molecule has 0 unspecified atom stereocenters. The van der Waals surface area contributed by atoms with Crippen molar-refractivity contribution < 1.29 is 23.9 Å². The van der Waals surface area contributed by atoms with Gasteiger partial charge in [0.2, 0.25) is 5.91 Å². The molecule has 1 aliphatic rings. The second-order valence-corrected chi connectivity index (χ2v) is 6.39. The summed E-state index contributed by atoms with van der Waals surface area (Å²) < 4.78 is 9.52. The van der Waals surface area contributed by atoms with E-state index in [4.69, 9.17) is 4.74 Å². The van der Waals surface area contributed by atoms with Crippen molar-refractivity contribution in [3.63, 3.8) is 0 Å². The molecular weight excluding hydrogens is 358 g/mol. The average Bonchev–Trinajstić information content (AvgIpc) is 2.70. The maximum absolute atomic E-state index is 12.2. The van der Waals surface area contributed by atoms with E-state index in [1.165, 1.54) is 7.11 Å². The average molecular weight is 383 g/mol. The number of benzene rings is 1. The molecule has 1 aromatic carbocycles. The minimum atomic E-state index is -0.460. The van der Waals surface area contributed by atoms with Gasteiger partial charge in [0.15, 0.2) is 5.78 Å². The van der Waals surface area contributed by atoms with Gasteiger partial charge in [0, 0.05) is 12.8 Å². The molecule has 1 amide bonds. The Hall–Kier alpha value is -2.91. The molecule has 28 heavy (non-hydrogen) atoms. The van der Waals surface area contributed by atoms with Gasteiger partial charge < -0.3 is 14.4 Å². The van der Waals surface area contributed by atoms with E-state index in [9.17, 15) is 14.4 Å². The first kappa shape index (κ1) is 21.4. The highest BCUT2D eigenvalue weighted by atomic mass is 16.6. The zero-order valence-corrected chi connectivity index (χ0v) is 16.1. The van der Waals surface area contributed by atoms with Gasteiger partial charge in [0.25, 0.3) is 0 Å². The highest BCUT2D eigenvalue weighted by Gasteiger charge is 2.25. The third-order valence-corrected chi connectivity index (χ3v) is 4.33. The second-order valence-electron chi connectivity index (χ2n) is 6.39. The summed E-state index contributed by atoms with van der Waals surface area (Å²) in [4.78, 5) is 37.0. The van der Waals surface area contributed by atoms with Crippen LogP contribution < -0.4 is 0 Å². The Balaban J connectivity index is 1.86. The van der Waals surface area contributed by atoms with Gasteiger partial charge in [-0.1, -0.05) is 48.2 Å². The Morgan fingerprint density at radius 3 is 2.79 bits per heavy atom. The van der Waals surface area contributed by atoms with Crippen LogP contribution in [0.2, 0.25) is 0 Å². The Bertz CT molecular complexity index is 760. The Morgan fingerprint density at radius 1 is 1.25 bits per heavy atom. The van der Waals surface area contributed by atoms with Gasteiger partial charge in [0.1, 0.15) is 13.2 Å². The molecule has 1 aliphatic heterocycles. The first-order valence-electron chi connectivity index (χ1n) is 9.25. The van der Waals surface area contributed by atoms with E-state index in [1.54, 1.807) is 17.1 Å². The first-order chi connectivity index (χ1) is 13.6. The molecule has 0 aliphatic carbocycles. The molecule has 148 valence electrons. The largest absolute Gasteiger partial charge is 0.467 e. The van der Waals surface area contributed by atoms with Crippen LogP contribution in [0.15, 0.2) is 42.5 Å². The number of ether oxygens (including phenoxy) is 2. The zero-order chi connectivity index (χ0) is 20.2. The minimum Gasteiger partial charge on any atom is -0.467 e. The summed E-state index contributed by atoms with van der Waals surface area (Å²) >= 11 is 0. The number of hydrogen-bond acceptors (Lipinski definition) is 5. The molecule has 1 atom stereocenters. The Labute approximate surface area is 165 Å². The van der Waals surface area contributed by atoms with Crippen LogP contribution in [-0.2, 0) is 30.3 Å². The molecule has 1 fully saturated rings. The number of amides is 1. The molecule has 0 bridgehead atoms. The third-order valence-electron chi connectivity index (χ3n) is 4.33. The molecule has 0 radical (unpaired) electrons. The quantitative estimate of drug-likeness (QED) is 0.297. The monoisotopic (exact) mass is 383 g/mol. The standard InChI is InChI=1S/C22H25NO5/c1-27-22(26)17-28-15-6-5-14-23-19(10-7-11-21(23)25)12-13-20(24)16-18-8-3-2-4-9-18/h2-4,8-9,12-13,19H,7,10-11,14-17H2,1H3/t19-/m1/s1. The summed E-state index contributed by atoms with van der Waals surface area (Å²) in [5.41, 5.74) is 0.964. The number of methoxy groups -OCH3 is 1. The smallest absolute Gasteiger partial charge is 0.331 e. The fourth-order valence-electron chi connectivity index (χ4n) is 2.86. The number of ketones is 1. The molecule has 0 saturated carbocycles. The van der Waals surface area contributed by atoms with E-state index in [-0.39, 0.29) is 37.5 Å². The van der Waals surface area contributed by atoms with E-state index < -0.39 is 5.97 Å². The van der Waals surface area contributed by atoms with E-state index in [0.29, 0.717) is 12.8 Å². The summed E-state index contributed by atoms with van der Waals surface area (Å²) in [5, 5.41) is 0.